The van der Waals surface area contributed by atoms with Crippen LogP contribution >= 0.6 is 0 Å². The minimum atomic E-state index is -4.72. The number of nitrogens with one attached hydrogen (secondary N) is 1. The third kappa shape index (κ3) is 3.82. The van der Waals surface area contributed by atoms with Crippen LogP contribution in [0.4, 0.5) is 23.2 Å². The van der Waals surface area contributed by atoms with Gasteiger partial charge < -0.3 is 14.4 Å². The Bertz CT molecular complexity index is 1200. The molecule has 29 heavy (non-hydrogen) atoms. The van der Waals surface area contributed by atoms with E-state index in [-0.39, 0.29) is 18.1 Å². The Morgan fingerprint density at radius 1 is 1.14 bits per heavy atom. The van der Waals surface area contributed by atoms with E-state index in [4.69, 9.17) is 0 Å². The zero-order valence-electron chi connectivity index (χ0n) is 14.6. The molecule has 0 aliphatic carbocycles. The van der Waals surface area contributed by atoms with Gasteiger partial charge in [0.15, 0.2) is 0 Å². The molecule has 0 saturated heterocycles. The van der Waals surface area contributed by atoms with E-state index in [1.165, 1.54) is 24.3 Å². The molecule has 0 aliphatic heterocycles. The molecule has 10 heteroatoms. The molecule has 0 spiro atoms. The van der Waals surface area contributed by atoms with Gasteiger partial charge in [0.25, 0.3) is 0 Å². The first-order valence-electron chi connectivity index (χ1n) is 8.36. The van der Waals surface area contributed by atoms with E-state index >= 15 is 0 Å². The van der Waals surface area contributed by atoms with E-state index in [9.17, 15) is 22.4 Å². The number of alkyl halides is 3. The molecule has 0 unspecified atom stereocenters. The summed E-state index contributed by atoms with van der Waals surface area (Å²) in [5.41, 5.74) is 1.08. The molecule has 4 aromatic rings. The average Bonchev–Trinajstić information content (AvgIpc) is 3.31. The molecule has 0 bridgehead atoms. The van der Waals surface area contributed by atoms with Gasteiger partial charge in [-0.15, -0.1) is 0 Å². The standard InChI is InChI=1S/C19H12F4N4O2/c20-13-3-1-2-4-14(13)24-16(28)10-27-8-7-11-9-12(5-6-15(11)27)17-25-18(29-26-17)19(21,22)23/h1-9H,10H2,(H,24,28). The maximum atomic E-state index is 13.7. The van der Waals surface area contributed by atoms with Crippen LogP contribution < -0.4 is 5.32 Å². The molecule has 0 aliphatic rings. The summed E-state index contributed by atoms with van der Waals surface area (Å²) in [6, 6.07) is 12.3. The fraction of sp³-hybridized carbons (Fsp3) is 0.105. The van der Waals surface area contributed by atoms with Crippen molar-refractivity contribution in [3.63, 3.8) is 0 Å². The van der Waals surface area contributed by atoms with Gasteiger partial charge in [0.2, 0.25) is 11.7 Å². The Balaban J connectivity index is 1.55. The van der Waals surface area contributed by atoms with E-state index in [2.05, 4.69) is 20.0 Å². The first-order valence-corrected chi connectivity index (χ1v) is 8.36. The molecule has 0 radical (unpaired) electrons. The van der Waals surface area contributed by atoms with E-state index in [1.807, 2.05) is 0 Å². The molecule has 2 aromatic heterocycles. The van der Waals surface area contributed by atoms with Crippen molar-refractivity contribution >= 4 is 22.5 Å². The fourth-order valence-corrected chi connectivity index (χ4v) is 2.84. The van der Waals surface area contributed by atoms with Gasteiger partial charge in [-0.05, 0) is 36.4 Å². The largest absolute Gasteiger partial charge is 0.471 e. The SMILES string of the molecule is O=C(Cn1ccc2cc(-c3noc(C(F)(F)F)n3)ccc21)Nc1ccccc1F. The first-order chi connectivity index (χ1) is 13.8. The zero-order valence-corrected chi connectivity index (χ0v) is 14.6. The Kier molecular flexibility index (Phi) is 4.53. The number of carbonyl (C=O) groups excluding carboxylic acids is 1. The van der Waals surface area contributed by atoms with Crippen molar-refractivity contribution in [2.24, 2.45) is 0 Å². The van der Waals surface area contributed by atoms with Crippen LogP contribution in [0.1, 0.15) is 5.89 Å². The van der Waals surface area contributed by atoms with Gasteiger partial charge in [-0.25, -0.2) is 4.39 Å². The van der Waals surface area contributed by atoms with Crippen LogP contribution in [-0.4, -0.2) is 20.6 Å². The Morgan fingerprint density at radius 3 is 2.66 bits per heavy atom. The van der Waals surface area contributed by atoms with E-state index in [0.29, 0.717) is 16.5 Å². The van der Waals surface area contributed by atoms with Crippen molar-refractivity contribution < 1.29 is 26.9 Å². The summed E-state index contributed by atoms with van der Waals surface area (Å²) in [7, 11) is 0. The second kappa shape index (κ2) is 7.04. The lowest BCUT2D eigenvalue weighted by molar-refractivity contribution is -0.159. The lowest BCUT2D eigenvalue weighted by Crippen LogP contribution is -2.18. The number of carbonyl (C=O) groups is 1. The fourth-order valence-electron chi connectivity index (χ4n) is 2.84. The number of para-hydroxylation sites is 1. The number of hydrogen-bond donors (Lipinski definition) is 1. The van der Waals surface area contributed by atoms with Gasteiger partial charge >= 0.3 is 12.1 Å². The van der Waals surface area contributed by atoms with Crippen molar-refractivity contribution in [2.75, 3.05) is 5.32 Å². The van der Waals surface area contributed by atoms with Crippen molar-refractivity contribution in [1.82, 2.24) is 14.7 Å². The quantitative estimate of drug-likeness (QED) is 0.509. The van der Waals surface area contributed by atoms with Crippen LogP contribution in [0.5, 0.6) is 0 Å². The van der Waals surface area contributed by atoms with Crippen LogP contribution in [0, 0.1) is 5.82 Å². The van der Waals surface area contributed by atoms with Crippen LogP contribution in [0.2, 0.25) is 0 Å². The summed E-state index contributed by atoms with van der Waals surface area (Å²) < 4.78 is 57.4. The molecule has 1 N–H and O–H groups in total. The molecular formula is C19H12F4N4O2. The molecule has 2 heterocycles. The van der Waals surface area contributed by atoms with Gasteiger partial charge in [-0.2, -0.15) is 18.2 Å². The number of halogens is 4. The third-order valence-electron chi connectivity index (χ3n) is 4.16. The molecule has 2 aromatic carbocycles. The number of aromatic nitrogens is 3. The molecule has 1 amide bonds. The van der Waals surface area contributed by atoms with Gasteiger partial charge in [0.1, 0.15) is 12.4 Å². The summed E-state index contributed by atoms with van der Waals surface area (Å²) in [6.45, 7) is -0.0718. The summed E-state index contributed by atoms with van der Waals surface area (Å²) in [4.78, 5) is 15.6. The van der Waals surface area contributed by atoms with Gasteiger partial charge in [0, 0.05) is 22.7 Å². The maximum absolute atomic E-state index is 13.7. The highest BCUT2D eigenvalue weighted by atomic mass is 19.4. The van der Waals surface area contributed by atoms with E-state index in [0.717, 1.165) is 0 Å². The van der Waals surface area contributed by atoms with Crippen LogP contribution in [0.15, 0.2) is 59.3 Å². The monoisotopic (exact) mass is 404 g/mol. The molecule has 6 nitrogen and oxygen atoms in total. The van der Waals surface area contributed by atoms with Crippen LogP contribution in [-0.2, 0) is 17.5 Å². The summed E-state index contributed by atoms with van der Waals surface area (Å²) >= 11 is 0. The van der Waals surface area contributed by atoms with Crippen LogP contribution in [0.25, 0.3) is 22.3 Å². The minimum Gasteiger partial charge on any atom is -0.338 e. The Hall–Kier alpha value is -3.69. The Labute approximate surface area is 160 Å². The number of benzene rings is 2. The van der Waals surface area contributed by atoms with E-state index in [1.54, 1.807) is 35.0 Å². The summed E-state index contributed by atoms with van der Waals surface area (Å²) in [6.07, 6.45) is -3.07. The predicted octanol–water partition coefficient (Wildman–Crippen LogP) is 4.49. The number of rotatable bonds is 4. The number of fused-ring (bicyclic) bond motifs is 1. The van der Waals surface area contributed by atoms with Crippen molar-refractivity contribution in [1.29, 1.82) is 0 Å². The van der Waals surface area contributed by atoms with Crippen molar-refractivity contribution in [3.8, 4) is 11.4 Å². The molecule has 4 rings (SSSR count). The normalized spacial score (nSPS) is 11.7. The van der Waals surface area contributed by atoms with Gasteiger partial charge in [-0.3, -0.25) is 4.79 Å². The van der Waals surface area contributed by atoms with Crippen LogP contribution in [0.3, 0.4) is 0 Å². The topological polar surface area (TPSA) is 73.0 Å². The highest BCUT2D eigenvalue weighted by molar-refractivity contribution is 5.92. The molecule has 0 atom stereocenters. The first kappa shape index (κ1) is 18.7. The molecule has 0 saturated carbocycles. The van der Waals surface area contributed by atoms with Crippen molar-refractivity contribution in [3.05, 3.63) is 66.4 Å². The highest BCUT2D eigenvalue weighted by Gasteiger charge is 2.38. The number of nitrogens with zero attached hydrogens (tertiary/aromatic N) is 3. The van der Waals surface area contributed by atoms with E-state index < -0.39 is 23.8 Å². The molecule has 148 valence electrons. The lowest BCUT2D eigenvalue weighted by Gasteiger charge is -2.08. The van der Waals surface area contributed by atoms with Gasteiger partial charge in [-0.1, -0.05) is 17.3 Å². The maximum Gasteiger partial charge on any atom is 0.471 e. The number of amides is 1. The highest BCUT2D eigenvalue weighted by Crippen LogP contribution is 2.30. The second-order valence-electron chi connectivity index (χ2n) is 6.17. The van der Waals surface area contributed by atoms with Crippen molar-refractivity contribution in [2.45, 2.75) is 12.7 Å². The number of anilines is 1. The lowest BCUT2D eigenvalue weighted by atomic mass is 10.1. The van der Waals surface area contributed by atoms with Gasteiger partial charge in [0.05, 0.1) is 5.69 Å². The molecule has 0 fully saturated rings. The minimum absolute atomic E-state index is 0.0718. The summed E-state index contributed by atoms with van der Waals surface area (Å²) in [5.74, 6) is -2.58. The smallest absolute Gasteiger partial charge is 0.338 e. The average molecular weight is 404 g/mol. The third-order valence-corrected chi connectivity index (χ3v) is 4.16. The zero-order chi connectivity index (χ0) is 20.6. The molecular weight excluding hydrogens is 392 g/mol. The Morgan fingerprint density at radius 2 is 1.93 bits per heavy atom. The summed E-state index contributed by atoms with van der Waals surface area (Å²) in [5, 5.41) is 6.52. The number of hydrogen-bond acceptors (Lipinski definition) is 4. The predicted molar refractivity (Wildman–Crippen MR) is 95.3 cm³/mol. The second-order valence-corrected chi connectivity index (χ2v) is 6.17.